The molecule has 0 aliphatic heterocycles. The van der Waals surface area contributed by atoms with Gasteiger partial charge in [-0.25, -0.2) is 36.8 Å². The summed E-state index contributed by atoms with van der Waals surface area (Å²) in [6.07, 6.45) is 4.46. The Hall–Kier alpha value is -5.00. The monoisotopic (exact) mass is 874 g/mol. The maximum atomic E-state index is 12.6. The summed E-state index contributed by atoms with van der Waals surface area (Å²) in [6, 6.07) is 10.1. The SMILES string of the molecule is CCN/N=C/c1cnc(-c2nc3cc(SC(F)(F)F)ccc3o2)c(S(=O)(=O)CC)c1.CCS(=O)(=O)c1cc(C=O)cnc1-c1nc2cc(SC(F)(F)F)ccc2o1. The number of oxazole rings is 2. The highest BCUT2D eigenvalue weighted by molar-refractivity contribution is 8.00. The molecule has 0 saturated carbocycles. The molecule has 4 aromatic heterocycles. The number of halogens is 6. The van der Waals surface area contributed by atoms with Crippen LogP contribution in [0.25, 0.3) is 45.4 Å². The maximum absolute atomic E-state index is 12.6. The molecule has 0 spiro atoms. The van der Waals surface area contributed by atoms with E-state index in [1.54, 1.807) is 0 Å². The second-order valence-corrected chi connectivity index (χ2v) is 18.1. The molecular weight excluding hydrogens is 847 g/mol. The number of aromatic nitrogens is 4. The van der Waals surface area contributed by atoms with Gasteiger partial charge in [0.15, 0.2) is 37.1 Å². The van der Waals surface area contributed by atoms with E-state index in [9.17, 15) is 48.0 Å². The number of rotatable bonds is 12. The molecule has 6 aromatic rings. The van der Waals surface area contributed by atoms with Crippen LogP contribution < -0.4 is 5.43 Å². The summed E-state index contributed by atoms with van der Waals surface area (Å²) < 4.78 is 136. The summed E-state index contributed by atoms with van der Waals surface area (Å²) in [4.78, 5) is 26.9. The number of hydrazone groups is 1. The predicted molar refractivity (Wildman–Crippen MR) is 200 cm³/mol. The lowest BCUT2D eigenvalue weighted by molar-refractivity contribution is -0.0337. The molecule has 4 heterocycles. The number of pyridine rings is 2. The lowest BCUT2D eigenvalue weighted by atomic mass is 10.2. The minimum Gasteiger partial charge on any atom is -0.435 e. The van der Waals surface area contributed by atoms with E-state index < -0.39 is 30.7 Å². The third-order valence-corrected chi connectivity index (χ3v) is 12.3. The first kappa shape index (κ1) is 43.1. The molecule has 57 heavy (non-hydrogen) atoms. The minimum absolute atomic E-state index is 0.0151. The van der Waals surface area contributed by atoms with Crippen LogP contribution in [-0.2, 0) is 19.7 Å². The van der Waals surface area contributed by atoms with Crippen molar-refractivity contribution in [3.8, 4) is 23.2 Å². The van der Waals surface area contributed by atoms with Crippen molar-refractivity contribution in [3.63, 3.8) is 0 Å². The van der Waals surface area contributed by atoms with Crippen molar-refractivity contribution in [2.75, 3.05) is 18.1 Å². The first-order valence-corrected chi connectivity index (χ1v) is 21.2. The fraction of sp³-hybridized carbons (Fsp3) is 0.235. The predicted octanol–water partition coefficient (Wildman–Crippen LogP) is 8.35. The number of thioether (sulfide) groups is 2. The zero-order chi connectivity index (χ0) is 41.8. The number of carbonyl (C=O) groups is 1. The van der Waals surface area contributed by atoms with Gasteiger partial charge in [0.1, 0.15) is 22.4 Å². The molecule has 0 saturated heterocycles. The van der Waals surface area contributed by atoms with Crippen LogP contribution >= 0.6 is 23.5 Å². The van der Waals surface area contributed by atoms with Gasteiger partial charge in [0.2, 0.25) is 11.8 Å². The van der Waals surface area contributed by atoms with Crippen LogP contribution in [0.3, 0.4) is 0 Å². The average Bonchev–Trinajstić information content (AvgIpc) is 3.77. The van der Waals surface area contributed by atoms with E-state index in [4.69, 9.17) is 8.83 Å². The number of sulfone groups is 2. The Morgan fingerprint density at radius 3 is 1.54 bits per heavy atom. The van der Waals surface area contributed by atoms with Crippen molar-refractivity contribution >= 4 is 77.9 Å². The Morgan fingerprint density at radius 2 is 1.14 bits per heavy atom. The summed E-state index contributed by atoms with van der Waals surface area (Å²) in [5.41, 5.74) is -5.08. The molecule has 302 valence electrons. The molecule has 13 nitrogen and oxygen atoms in total. The van der Waals surface area contributed by atoms with E-state index in [0.29, 0.717) is 18.4 Å². The van der Waals surface area contributed by atoms with Gasteiger partial charge in [-0.1, -0.05) is 13.8 Å². The van der Waals surface area contributed by atoms with Crippen molar-refractivity contribution < 1.29 is 56.8 Å². The number of nitrogens with one attached hydrogen (secondary N) is 1. The van der Waals surface area contributed by atoms with E-state index in [0.717, 1.165) is 12.3 Å². The van der Waals surface area contributed by atoms with Gasteiger partial charge in [0.05, 0.1) is 27.5 Å². The number of carbonyl (C=O) groups excluding carboxylic acids is 1. The first-order chi connectivity index (χ1) is 26.8. The molecule has 0 atom stereocenters. The molecule has 0 unspecified atom stereocenters. The van der Waals surface area contributed by atoms with Crippen molar-refractivity contribution in [1.82, 2.24) is 25.4 Å². The average molecular weight is 875 g/mol. The summed E-state index contributed by atoms with van der Waals surface area (Å²) >= 11 is -0.566. The highest BCUT2D eigenvalue weighted by atomic mass is 32.2. The topological polar surface area (TPSA) is 188 Å². The summed E-state index contributed by atoms with van der Waals surface area (Å²) in [6.45, 7) is 5.38. The molecule has 2 aromatic carbocycles. The number of hydrogen-bond donors (Lipinski definition) is 1. The molecule has 0 radical (unpaired) electrons. The van der Waals surface area contributed by atoms with E-state index in [1.807, 2.05) is 6.92 Å². The van der Waals surface area contributed by atoms with Gasteiger partial charge < -0.3 is 14.3 Å². The van der Waals surface area contributed by atoms with E-state index in [1.165, 1.54) is 68.7 Å². The summed E-state index contributed by atoms with van der Waals surface area (Å²) in [5, 5.41) is 3.94. The molecule has 0 aliphatic carbocycles. The third kappa shape index (κ3) is 10.9. The van der Waals surface area contributed by atoms with Gasteiger partial charge in [0, 0.05) is 39.9 Å². The van der Waals surface area contributed by atoms with E-state index in [2.05, 4.69) is 30.5 Å². The fourth-order valence-corrected chi connectivity index (χ4v) is 8.05. The van der Waals surface area contributed by atoms with Gasteiger partial charge in [-0.15, -0.1) is 0 Å². The standard InChI is InChI=1S/C18H17F3N4O3S2.C16H11F3N2O4S2/c1-3-23-24-10-11-7-15(30(26,27)4-2)16(22-9-11)17-25-13-8-12(29-18(19,20)21)5-6-14(13)28-17;1-2-27(23,24)13-5-9(8-22)7-20-14(13)15-21-11-6-10(26-16(17,18)19)3-4-12(11)25-15/h5-10,23H,3-4H2,1-2H3;3-8H,2H2,1H3/b24-10+;. The molecule has 23 heteroatoms. The van der Waals surface area contributed by atoms with Crippen LogP contribution in [0.4, 0.5) is 26.3 Å². The first-order valence-electron chi connectivity index (χ1n) is 16.3. The Labute approximate surface area is 328 Å². The molecule has 0 bridgehead atoms. The third-order valence-electron chi connectivity index (χ3n) is 7.37. The van der Waals surface area contributed by atoms with Crippen molar-refractivity contribution in [2.24, 2.45) is 5.10 Å². The quantitative estimate of drug-likeness (QED) is 0.0406. The molecule has 1 N–H and O–H groups in total. The lowest BCUT2D eigenvalue weighted by Crippen LogP contribution is -2.09. The Bertz CT molecular complexity index is 2680. The van der Waals surface area contributed by atoms with Crippen LogP contribution in [-0.4, -0.2) is 78.3 Å². The Balaban J connectivity index is 0.000000219. The van der Waals surface area contributed by atoms with Gasteiger partial charge in [-0.3, -0.25) is 4.79 Å². The van der Waals surface area contributed by atoms with Gasteiger partial charge in [-0.05, 0) is 79.0 Å². The molecule has 0 aliphatic rings. The number of nitrogens with zero attached hydrogens (tertiary/aromatic N) is 5. The Morgan fingerprint density at radius 1 is 0.702 bits per heavy atom. The number of fused-ring (bicyclic) bond motifs is 2. The van der Waals surface area contributed by atoms with Crippen molar-refractivity contribution in [1.29, 1.82) is 0 Å². The molecular formula is C34H28F6N6O7S4. The number of hydrogen-bond acceptors (Lipinski definition) is 15. The van der Waals surface area contributed by atoms with E-state index in [-0.39, 0.29) is 106 Å². The smallest absolute Gasteiger partial charge is 0.435 e. The summed E-state index contributed by atoms with van der Waals surface area (Å²) in [5.74, 6) is -0.677. The fourth-order valence-electron chi connectivity index (χ4n) is 4.78. The van der Waals surface area contributed by atoms with Gasteiger partial charge >= 0.3 is 11.0 Å². The van der Waals surface area contributed by atoms with Crippen LogP contribution in [0.5, 0.6) is 0 Å². The normalized spacial score (nSPS) is 12.6. The number of alkyl halides is 6. The Kier molecular flexibility index (Phi) is 13.0. The number of benzene rings is 2. The second-order valence-electron chi connectivity index (χ2n) is 11.3. The highest BCUT2D eigenvalue weighted by Crippen LogP contribution is 2.40. The number of aldehydes is 1. The zero-order valence-corrected chi connectivity index (χ0v) is 32.8. The van der Waals surface area contributed by atoms with Crippen LogP contribution in [0.1, 0.15) is 36.7 Å². The minimum atomic E-state index is -4.45. The zero-order valence-electron chi connectivity index (χ0n) is 29.5. The lowest BCUT2D eigenvalue weighted by Gasteiger charge is -2.07. The molecule has 0 fully saturated rings. The summed E-state index contributed by atoms with van der Waals surface area (Å²) in [7, 11) is -7.45. The van der Waals surface area contributed by atoms with Crippen LogP contribution in [0.15, 0.2) is 94.4 Å². The van der Waals surface area contributed by atoms with Crippen LogP contribution in [0.2, 0.25) is 0 Å². The molecule has 0 amide bonds. The van der Waals surface area contributed by atoms with Gasteiger partial charge in [0.25, 0.3) is 0 Å². The maximum Gasteiger partial charge on any atom is 0.446 e. The second kappa shape index (κ2) is 17.2. The van der Waals surface area contributed by atoms with Crippen molar-refractivity contribution in [3.05, 3.63) is 72.1 Å². The largest absolute Gasteiger partial charge is 0.446 e. The van der Waals surface area contributed by atoms with Crippen LogP contribution in [0, 0.1) is 0 Å². The van der Waals surface area contributed by atoms with E-state index >= 15 is 0 Å². The highest BCUT2D eigenvalue weighted by Gasteiger charge is 2.31. The molecule has 6 rings (SSSR count). The van der Waals surface area contributed by atoms with Gasteiger partial charge in [-0.2, -0.15) is 31.4 Å². The van der Waals surface area contributed by atoms with Crippen molar-refractivity contribution in [2.45, 2.75) is 51.4 Å².